The second-order valence-electron chi connectivity index (χ2n) is 4.21. The van der Waals surface area contributed by atoms with E-state index in [2.05, 4.69) is 11.2 Å². The summed E-state index contributed by atoms with van der Waals surface area (Å²) in [5, 5.41) is 0. The van der Waals surface area contributed by atoms with Crippen molar-refractivity contribution in [3.05, 3.63) is 0 Å². The van der Waals surface area contributed by atoms with Gasteiger partial charge in [0.05, 0.1) is 6.04 Å². The van der Waals surface area contributed by atoms with Crippen molar-refractivity contribution in [3.8, 4) is 0 Å². The summed E-state index contributed by atoms with van der Waals surface area (Å²) in [6.07, 6.45) is 4.20. The standard InChI is InChI=1S/C10H21N3OS/c1-8(9(12)14)13-5-3-10(7-11,15-2)4-6-13/h8H,3-7,11H2,1-2H3,(H2,12,14). The number of hydrogen-bond acceptors (Lipinski definition) is 4. The summed E-state index contributed by atoms with van der Waals surface area (Å²) in [6.45, 7) is 4.42. The second kappa shape index (κ2) is 5.18. The Kier molecular flexibility index (Phi) is 4.43. The normalized spacial score (nSPS) is 23.7. The van der Waals surface area contributed by atoms with Crippen molar-refractivity contribution in [1.82, 2.24) is 4.90 Å². The van der Waals surface area contributed by atoms with Gasteiger partial charge in [-0.15, -0.1) is 0 Å². The molecule has 1 heterocycles. The van der Waals surface area contributed by atoms with Gasteiger partial charge >= 0.3 is 0 Å². The van der Waals surface area contributed by atoms with E-state index in [1.807, 2.05) is 18.7 Å². The Morgan fingerprint density at radius 1 is 1.53 bits per heavy atom. The third-order valence-electron chi connectivity index (χ3n) is 3.47. The summed E-state index contributed by atoms with van der Waals surface area (Å²) in [5.74, 6) is -0.237. The topological polar surface area (TPSA) is 72.3 Å². The first-order valence-corrected chi connectivity index (χ1v) is 6.56. The molecule has 1 fully saturated rings. The molecule has 0 aromatic rings. The molecule has 0 bridgehead atoms. The minimum absolute atomic E-state index is 0.150. The van der Waals surface area contributed by atoms with Crippen LogP contribution in [0.4, 0.5) is 0 Å². The van der Waals surface area contributed by atoms with Gasteiger partial charge in [0, 0.05) is 24.4 Å². The molecule has 1 saturated heterocycles. The fraction of sp³-hybridized carbons (Fsp3) is 0.900. The van der Waals surface area contributed by atoms with Gasteiger partial charge in [-0.2, -0.15) is 11.8 Å². The molecule has 88 valence electrons. The fourth-order valence-electron chi connectivity index (χ4n) is 1.99. The van der Waals surface area contributed by atoms with Crippen LogP contribution in [-0.4, -0.2) is 47.5 Å². The molecule has 0 radical (unpaired) electrons. The molecule has 4 nitrogen and oxygen atoms in total. The molecule has 4 N–H and O–H groups in total. The Balaban J connectivity index is 2.51. The van der Waals surface area contributed by atoms with Gasteiger partial charge < -0.3 is 11.5 Å². The first kappa shape index (κ1) is 12.8. The highest BCUT2D eigenvalue weighted by Crippen LogP contribution is 2.33. The Morgan fingerprint density at radius 3 is 2.40 bits per heavy atom. The fourth-order valence-corrected chi connectivity index (χ4v) is 2.75. The highest BCUT2D eigenvalue weighted by molar-refractivity contribution is 8.00. The Morgan fingerprint density at radius 2 is 2.07 bits per heavy atom. The van der Waals surface area contributed by atoms with Crippen molar-refractivity contribution in [1.29, 1.82) is 0 Å². The number of nitrogens with zero attached hydrogens (tertiary/aromatic N) is 1. The zero-order valence-electron chi connectivity index (χ0n) is 9.53. The third kappa shape index (κ3) is 2.86. The van der Waals surface area contributed by atoms with E-state index in [1.54, 1.807) is 0 Å². The van der Waals surface area contributed by atoms with E-state index in [1.165, 1.54) is 0 Å². The molecule has 1 aliphatic rings. The molecule has 1 amide bonds. The lowest BCUT2D eigenvalue weighted by Gasteiger charge is -2.41. The SMILES string of the molecule is CSC1(CN)CCN(C(C)C(N)=O)CC1. The van der Waals surface area contributed by atoms with E-state index >= 15 is 0 Å². The molecule has 0 aromatic heterocycles. The summed E-state index contributed by atoms with van der Waals surface area (Å²) >= 11 is 1.85. The summed E-state index contributed by atoms with van der Waals surface area (Å²) in [6, 6.07) is -0.150. The number of carbonyl (C=O) groups is 1. The summed E-state index contributed by atoms with van der Waals surface area (Å²) in [4.78, 5) is 13.2. The number of hydrogen-bond donors (Lipinski definition) is 2. The second-order valence-corrected chi connectivity index (χ2v) is 5.48. The molecular weight excluding hydrogens is 210 g/mol. The van der Waals surface area contributed by atoms with Crippen LogP contribution in [0.2, 0.25) is 0 Å². The van der Waals surface area contributed by atoms with Gasteiger partial charge in [0.25, 0.3) is 0 Å². The van der Waals surface area contributed by atoms with Crippen molar-refractivity contribution in [2.24, 2.45) is 11.5 Å². The molecule has 0 saturated carbocycles. The van der Waals surface area contributed by atoms with E-state index in [0.717, 1.165) is 25.9 Å². The largest absolute Gasteiger partial charge is 0.368 e. The average molecular weight is 231 g/mol. The number of rotatable bonds is 4. The van der Waals surface area contributed by atoms with E-state index in [-0.39, 0.29) is 16.7 Å². The number of likely N-dealkylation sites (tertiary alicyclic amines) is 1. The molecule has 0 aliphatic carbocycles. The molecular formula is C10H21N3OS. The van der Waals surface area contributed by atoms with Gasteiger partial charge in [-0.25, -0.2) is 0 Å². The Labute approximate surface area is 95.7 Å². The van der Waals surface area contributed by atoms with Crippen molar-refractivity contribution in [2.75, 3.05) is 25.9 Å². The summed E-state index contributed by atoms with van der Waals surface area (Å²) < 4.78 is 0.216. The molecule has 1 atom stereocenters. The van der Waals surface area contributed by atoms with Crippen LogP contribution in [0.25, 0.3) is 0 Å². The maximum atomic E-state index is 11.0. The van der Waals surface area contributed by atoms with E-state index in [4.69, 9.17) is 11.5 Å². The number of nitrogens with two attached hydrogens (primary N) is 2. The van der Waals surface area contributed by atoms with Crippen molar-refractivity contribution in [3.63, 3.8) is 0 Å². The van der Waals surface area contributed by atoms with Gasteiger partial charge in [-0.1, -0.05) is 0 Å². The molecule has 1 unspecified atom stereocenters. The minimum Gasteiger partial charge on any atom is -0.368 e. The molecule has 1 rings (SSSR count). The molecule has 0 aromatic carbocycles. The first-order chi connectivity index (χ1) is 7.04. The lowest BCUT2D eigenvalue weighted by atomic mass is 9.95. The summed E-state index contributed by atoms with van der Waals surface area (Å²) in [5.41, 5.74) is 11.1. The van der Waals surface area contributed by atoms with Crippen LogP contribution < -0.4 is 11.5 Å². The van der Waals surface area contributed by atoms with Crippen molar-refractivity contribution < 1.29 is 4.79 Å². The maximum absolute atomic E-state index is 11.0. The molecule has 5 heteroatoms. The van der Waals surface area contributed by atoms with E-state index in [0.29, 0.717) is 6.54 Å². The van der Waals surface area contributed by atoms with Gasteiger partial charge in [-0.05, 0) is 26.0 Å². The lowest BCUT2D eigenvalue weighted by molar-refractivity contribution is -0.123. The zero-order chi connectivity index (χ0) is 11.5. The molecule has 0 spiro atoms. The van der Waals surface area contributed by atoms with Gasteiger partial charge in [-0.3, -0.25) is 9.69 Å². The minimum atomic E-state index is -0.237. The van der Waals surface area contributed by atoms with Crippen LogP contribution in [-0.2, 0) is 4.79 Å². The predicted molar refractivity (Wildman–Crippen MR) is 64.8 cm³/mol. The Bertz CT molecular complexity index is 221. The van der Waals surface area contributed by atoms with Crippen LogP contribution in [0, 0.1) is 0 Å². The molecule has 15 heavy (non-hydrogen) atoms. The number of primary amides is 1. The van der Waals surface area contributed by atoms with Crippen molar-refractivity contribution in [2.45, 2.75) is 30.6 Å². The number of carbonyl (C=O) groups excluding carboxylic acids is 1. The van der Waals surface area contributed by atoms with Crippen molar-refractivity contribution >= 4 is 17.7 Å². The first-order valence-electron chi connectivity index (χ1n) is 5.33. The highest BCUT2D eigenvalue weighted by Gasteiger charge is 2.34. The smallest absolute Gasteiger partial charge is 0.234 e. The van der Waals surface area contributed by atoms with Gasteiger partial charge in [0.2, 0.25) is 5.91 Å². The van der Waals surface area contributed by atoms with E-state index < -0.39 is 0 Å². The molecule has 1 aliphatic heterocycles. The highest BCUT2D eigenvalue weighted by atomic mass is 32.2. The summed E-state index contributed by atoms with van der Waals surface area (Å²) in [7, 11) is 0. The average Bonchev–Trinajstić information content (AvgIpc) is 2.28. The van der Waals surface area contributed by atoms with Crippen LogP contribution in [0.3, 0.4) is 0 Å². The zero-order valence-corrected chi connectivity index (χ0v) is 10.3. The van der Waals surface area contributed by atoms with Gasteiger partial charge in [0.15, 0.2) is 0 Å². The lowest BCUT2D eigenvalue weighted by Crippen LogP contribution is -2.52. The van der Waals surface area contributed by atoms with Gasteiger partial charge in [0.1, 0.15) is 0 Å². The number of thioether (sulfide) groups is 1. The Hall–Kier alpha value is -0.260. The van der Waals surface area contributed by atoms with Crippen LogP contribution in [0.5, 0.6) is 0 Å². The number of piperidine rings is 1. The number of amides is 1. The quantitative estimate of drug-likeness (QED) is 0.715. The van der Waals surface area contributed by atoms with E-state index in [9.17, 15) is 4.79 Å². The monoisotopic (exact) mass is 231 g/mol. The maximum Gasteiger partial charge on any atom is 0.234 e. The van der Waals surface area contributed by atoms with Crippen LogP contribution >= 0.6 is 11.8 Å². The van der Waals surface area contributed by atoms with Crippen LogP contribution in [0.1, 0.15) is 19.8 Å². The third-order valence-corrected chi connectivity index (χ3v) is 4.91. The predicted octanol–water partition coefficient (Wildman–Crippen LogP) is 0.0165. The van der Waals surface area contributed by atoms with Crippen LogP contribution in [0.15, 0.2) is 0 Å².